The maximum absolute atomic E-state index is 14.5. The molecule has 1 aliphatic carbocycles. The molecule has 0 heterocycles. The molecule has 0 aromatic heterocycles. The monoisotopic (exact) mass is 448 g/mol. The summed E-state index contributed by atoms with van der Waals surface area (Å²) in [6.07, 6.45) is 0. The Labute approximate surface area is 141 Å². The molecule has 1 aromatic carbocycles. The fraction of sp³-hybridized carbons (Fsp3) is 0.500. The molecule has 1 fully saturated rings. The Morgan fingerprint density at radius 1 is 0.321 bits per heavy atom. The first kappa shape index (κ1) is 22.4. The zero-order valence-electron chi connectivity index (χ0n) is 12.0. The van der Waals surface area contributed by atoms with Crippen molar-refractivity contribution in [2.24, 2.45) is 0 Å². The van der Waals surface area contributed by atoms with Gasteiger partial charge in [-0.15, -0.1) is 0 Å². The van der Waals surface area contributed by atoms with Gasteiger partial charge in [0.25, 0.3) is 5.67 Å². The summed E-state index contributed by atoms with van der Waals surface area (Å²) >= 11 is 0. The van der Waals surface area contributed by atoms with E-state index in [-0.39, 0.29) is 0 Å². The SMILES string of the molecule is Fc1c(F)c(F)c(C2(F)C(F)(F)C(F)(F)C(F)(F)C(F)(F)C2(F)F)c(F)c1F. The highest BCUT2D eigenvalue weighted by molar-refractivity contribution is 5.40. The second-order valence-corrected chi connectivity index (χ2v) is 5.48. The van der Waals surface area contributed by atoms with Crippen LogP contribution in [0.25, 0.3) is 0 Å². The number of hydrogen-bond donors (Lipinski definition) is 0. The summed E-state index contributed by atoms with van der Waals surface area (Å²) in [5.74, 6) is -57.1. The fourth-order valence-corrected chi connectivity index (χ4v) is 2.44. The van der Waals surface area contributed by atoms with Gasteiger partial charge >= 0.3 is 29.6 Å². The van der Waals surface area contributed by atoms with Crippen molar-refractivity contribution in [1.82, 2.24) is 0 Å². The van der Waals surface area contributed by atoms with E-state index in [1.54, 1.807) is 0 Å². The zero-order valence-corrected chi connectivity index (χ0v) is 12.0. The highest BCUT2D eigenvalue weighted by Gasteiger charge is 3.01. The fourth-order valence-electron chi connectivity index (χ4n) is 2.44. The van der Waals surface area contributed by atoms with Crippen LogP contribution in [0.4, 0.5) is 70.2 Å². The first-order valence-corrected chi connectivity index (χ1v) is 6.27. The van der Waals surface area contributed by atoms with Crippen LogP contribution in [-0.2, 0) is 5.67 Å². The van der Waals surface area contributed by atoms with Gasteiger partial charge in [0.1, 0.15) is 0 Å². The molecule has 0 atom stereocenters. The van der Waals surface area contributed by atoms with Gasteiger partial charge in [0.2, 0.25) is 5.82 Å². The van der Waals surface area contributed by atoms with E-state index < -0.39 is 69.9 Å². The Bertz CT molecular complexity index is 778. The lowest BCUT2D eigenvalue weighted by Crippen LogP contribution is -2.82. The van der Waals surface area contributed by atoms with E-state index >= 15 is 0 Å². The van der Waals surface area contributed by atoms with Crippen LogP contribution in [0, 0.1) is 29.1 Å². The van der Waals surface area contributed by atoms with Crippen LogP contribution in [0.1, 0.15) is 5.56 Å². The predicted molar refractivity (Wildman–Crippen MR) is 53.8 cm³/mol. The molecule has 2 rings (SSSR count). The average molecular weight is 448 g/mol. The summed E-state index contributed by atoms with van der Waals surface area (Å²) in [6.45, 7) is 0. The van der Waals surface area contributed by atoms with Crippen LogP contribution in [0.15, 0.2) is 0 Å². The van der Waals surface area contributed by atoms with Gasteiger partial charge in [-0.1, -0.05) is 0 Å². The minimum atomic E-state index is -7.80. The number of benzene rings is 1. The summed E-state index contributed by atoms with van der Waals surface area (Å²) in [5, 5.41) is 0. The molecule has 0 nitrogen and oxygen atoms in total. The minimum Gasteiger partial charge on any atom is -0.224 e. The molecule has 1 saturated carbocycles. The third kappa shape index (κ3) is 1.91. The van der Waals surface area contributed by atoms with Crippen LogP contribution in [0.5, 0.6) is 0 Å². The summed E-state index contributed by atoms with van der Waals surface area (Å²) in [5.41, 5.74) is -11.7. The maximum atomic E-state index is 14.5. The molecule has 28 heavy (non-hydrogen) atoms. The summed E-state index contributed by atoms with van der Waals surface area (Å²) in [4.78, 5) is 0. The highest BCUT2D eigenvalue weighted by Crippen LogP contribution is 2.72. The predicted octanol–water partition coefficient (Wildman–Crippen LogP) is 5.74. The molecule has 0 bridgehead atoms. The van der Waals surface area contributed by atoms with E-state index in [0.717, 1.165) is 0 Å². The molecule has 1 aliphatic rings. The Hall–Kier alpha value is -1.90. The minimum absolute atomic E-state index is 3.30. The summed E-state index contributed by atoms with van der Waals surface area (Å²) < 4.78 is 214. The molecule has 0 unspecified atom stereocenters. The second kappa shape index (κ2) is 5.37. The van der Waals surface area contributed by atoms with Crippen molar-refractivity contribution in [3.63, 3.8) is 0 Å². The van der Waals surface area contributed by atoms with Gasteiger partial charge in [-0.2, -0.15) is 43.9 Å². The summed E-state index contributed by atoms with van der Waals surface area (Å²) in [6, 6.07) is 0. The van der Waals surface area contributed by atoms with Crippen molar-refractivity contribution in [2.75, 3.05) is 0 Å². The smallest absolute Gasteiger partial charge is 0.224 e. The van der Waals surface area contributed by atoms with Crippen molar-refractivity contribution >= 4 is 0 Å². The molecule has 0 amide bonds. The lowest BCUT2D eigenvalue weighted by Gasteiger charge is -2.52. The normalized spacial score (nSPS) is 26.1. The molecular formula is C12F16. The first-order chi connectivity index (χ1) is 12.2. The van der Waals surface area contributed by atoms with Crippen LogP contribution < -0.4 is 0 Å². The van der Waals surface area contributed by atoms with Gasteiger partial charge in [-0.05, 0) is 0 Å². The van der Waals surface area contributed by atoms with E-state index in [0.29, 0.717) is 0 Å². The van der Waals surface area contributed by atoms with E-state index in [1.165, 1.54) is 0 Å². The number of alkyl halides is 11. The third-order valence-electron chi connectivity index (χ3n) is 4.00. The Morgan fingerprint density at radius 3 is 0.821 bits per heavy atom. The quantitative estimate of drug-likeness (QED) is 0.292. The molecule has 0 N–H and O–H groups in total. The second-order valence-electron chi connectivity index (χ2n) is 5.48. The Morgan fingerprint density at radius 2 is 0.536 bits per heavy atom. The van der Waals surface area contributed by atoms with Crippen molar-refractivity contribution in [3.05, 3.63) is 34.6 Å². The van der Waals surface area contributed by atoms with Crippen LogP contribution in [0.3, 0.4) is 0 Å². The molecule has 0 aliphatic heterocycles. The number of halogens is 16. The maximum Gasteiger partial charge on any atom is 0.384 e. The van der Waals surface area contributed by atoms with Gasteiger partial charge < -0.3 is 0 Å². The van der Waals surface area contributed by atoms with Crippen molar-refractivity contribution < 1.29 is 70.2 Å². The van der Waals surface area contributed by atoms with Gasteiger partial charge in [0.15, 0.2) is 23.3 Å². The van der Waals surface area contributed by atoms with Crippen molar-refractivity contribution in [1.29, 1.82) is 0 Å². The topological polar surface area (TPSA) is 0 Å². The molecule has 0 spiro atoms. The van der Waals surface area contributed by atoms with Crippen LogP contribution >= 0.6 is 0 Å². The van der Waals surface area contributed by atoms with Gasteiger partial charge in [0, 0.05) is 0 Å². The van der Waals surface area contributed by atoms with Gasteiger partial charge in [0.05, 0.1) is 5.56 Å². The molecule has 1 aromatic rings. The lowest BCUT2D eigenvalue weighted by atomic mass is 9.68. The lowest BCUT2D eigenvalue weighted by molar-refractivity contribution is -0.490. The highest BCUT2D eigenvalue weighted by atomic mass is 19.4. The third-order valence-corrected chi connectivity index (χ3v) is 4.00. The van der Waals surface area contributed by atoms with Crippen molar-refractivity contribution in [2.45, 2.75) is 35.3 Å². The van der Waals surface area contributed by atoms with Crippen LogP contribution in [-0.4, -0.2) is 29.6 Å². The van der Waals surface area contributed by atoms with Gasteiger partial charge in [-0.3, -0.25) is 0 Å². The molecule has 0 saturated heterocycles. The molecule has 160 valence electrons. The first-order valence-electron chi connectivity index (χ1n) is 6.27. The van der Waals surface area contributed by atoms with E-state index in [2.05, 4.69) is 0 Å². The Kier molecular flexibility index (Phi) is 4.29. The Balaban J connectivity index is 3.14. The van der Waals surface area contributed by atoms with Crippen LogP contribution in [0.2, 0.25) is 0 Å². The van der Waals surface area contributed by atoms with Gasteiger partial charge in [-0.25, -0.2) is 26.3 Å². The largest absolute Gasteiger partial charge is 0.384 e. The molecule has 16 heteroatoms. The standard InChI is InChI=1S/C12F16/c13-2-1(3(14)5(16)6(17)4(2)15)7(18)8(19,20)10(23,24)12(27,28)11(25,26)9(7,21)22. The van der Waals surface area contributed by atoms with E-state index in [1.807, 2.05) is 0 Å². The average Bonchev–Trinajstić information content (AvgIpc) is 2.56. The van der Waals surface area contributed by atoms with E-state index in [9.17, 15) is 70.2 Å². The molecule has 0 radical (unpaired) electrons. The van der Waals surface area contributed by atoms with E-state index in [4.69, 9.17) is 0 Å². The molecular weight excluding hydrogens is 448 g/mol. The zero-order chi connectivity index (χ0) is 22.5. The number of rotatable bonds is 1. The number of hydrogen-bond acceptors (Lipinski definition) is 0. The van der Waals surface area contributed by atoms with Crippen molar-refractivity contribution in [3.8, 4) is 0 Å². The summed E-state index contributed by atoms with van der Waals surface area (Å²) in [7, 11) is 0.